The van der Waals surface area contributed by atoms with Crippen LogP contribution in [0.2, 0.25) is 20.1 Å². The van der Waals surface area contributed by atoms with Crippen molar-refractivity contribution in [1.82, 2.24) is 24.4 Å². The van der Waals surface area contributed by atoms with E-state index in [-0.39, 0.29) is 33.7 Å². The van der Waals surface area contributed by atoms with Gasteiger partial charge in [0.25, 0.3) is 5.91 Å². The second-order valence-corrected chi connectivity index (χ2v) is 9.98. The molecule has 1 N–H and O–H groups in total. The zero-order chi connectivity index (χ0) is 28.8. The number of alkyl halides is 3. The van der Waals surface area contributed by atoms with Crippen LogP contribution in [0.5, 0.6) is 5.75 Å². The summed E-state index contributed by atoms with van der Waals surface area (Å²) in [5.41, 5.74) is -0.993. The van der Waals surface area contributed by atoms with Gasteiger partial charge in [0.05, 0.1) is 29.4 Å². The molecule has 0 bridgehead atoms. The number of nitrogens with zero attached hydrogens (tertiary/aromatic N) is 5. The average Bonchev–Trinajstić information content (AvgIpc) is 3.43. The molecule has 0 radical (unpaired) electrons. The molecule has 3 aromatic heterocycles. The first-order valence-corrected chi connectivity index (χ1v) is 12.7. The van der Waals surface area contributed by atoms with Crippen molar-refractivity contribution in [3.63, 3.8) is 0 Å². The van der Waals surface area contributed by atoms with Gasteiger partial charge in [0.15, 0.2) is 22.9 Å². The van der Waals surface area contributed by atoms with Crippen LogP contribution >= 0.6 is 46.4 Å². The number of amides is 1. The Kier molecular flexibility index (Phi) is 7.58. The number of anilines is 1. The molecule has 0 aliphatic carbocycles. The molecular formula is C25H15Cl4F3N6O2. The fourth-order valence-electron chi connectivity index (χ4n) is 3.82. The third-order valence-corrected chi connectivity index (χ3v) is 7.05. The smallest absolute Gasteiger partial charge is 0.433 e. The molecule has 5 aromatic rings. The molecule has 0 aliphatic rings. The molecule has 0 saturated heterocycles. The van der Waals surface area contributed by atoms with Crippen molar-refractivity contribution in [3.8, 4) is 17.0 Å². The number of halogens is 7. The van der Waals surface area contributed by atoms with Crippen LogP contribution in [0.3, 0.4) is 0 Å². The zero-order valence-electron chi connectivity index (χ0n) is 20.1. The fraction of sp³-hybridized carbons (Fsp3) is 0.120. The molecule has 15 heteroatoms. The lowest BCUT2D eigenvalue weighted by Crippen LogP contribution is -2.16. The largest absolute Gasteiger partial charge is 0.497 e. The molecule has 5 rings (SSSR count). The van der Waals surface area contributed by atoms with E-state index in [4.69, 9.17) is 51.1 Å². The van der Waals surface area contributed by atoms with Crippen molar-refractivity contribution in [2.45, 2.75) is 12.7 Å². The summed E-state index contributed by atoms with van der Waals surface area (Å²) in [6, 6.07) is 12.2. The van der Waals surface area contributed by atoms with E-state index in [1.807, 2.05) is 0 Å². The second kappa shape index (κ2) is 10.8. The molecule has 1 amide bonds. The summed E-state index contributed by atoms with van der Waals surface area (Å²) in [5.74, 6) is -0.572. The van der Waals surface area contributed by atoms with E-state index in [1.54, 1.807) is 36.4 Å². The third kappa shape index (κ3) is 5.55. The van der Waals surface area contributed by atoms with Gasteiger partial charge in [-0.05, 0) is 35.9 Å². The predicted molar refractivity (Wildman–Crippen MR) is 146 cm³/mol. The van der Waals surface area contributed by atoms with E-state index in [9.17, 15) is 18.0 Å². The van der Waals surface area contributed by atoms with Crippen molar-refractivity contribution in [2.24, 2.45) is 0 Å². The molecule has 3 heterocycles. The van der Waals surface area contributed by atoms with Crippen LogP contribution in [0.1, 0.15) is 21.7 Å². The Morgan fingerprint density at radius 3 is 2.48 bits per heavy atom. The number of nitrogens with one attached hydrogen (secondary N) is 1. The van der Waals surface area contributed by atoms with Crippen molar-refractivity contribution in [1.29, 1.82) is 0 Å². The summed E-state index contributed by atoms with van der Waals surface area (Å²) >= 11 is 24.6. The number of carbonyl (C=O) groups excluding carboxylic acids is 1. The first kappa shape index (κ1) is 28.0. The summed E-state index contributed by atoms with van der Waals surface area (Å²) in [5, 5.41) is 10.9. The highest BCUT2D eigenvalue weighted by molar-refractivity contribution is 6.42. The van der Waals surface area contributed by atoms with Gasteiger partial charge in [-0.1, -0.05) is 64.6 Å². The monoisotopic (exact) mass is 628 g/mol. The van der Waals surface area contributed by atoms with Gasteiger partial charge in [-0.25, -0.2) is 9.50 Å². The summed E-state index contributed by atoms with van der Waals surface area (Å²) in [6.45, 7) is 0.244. The standard InChI is InChI=1S/C25H15Cl4F3N6O2/c1-40-14-4-2-3-13(8-14)18-9-19(25(30,31)32)38-23(33-18)20(29)21(35-38)24(39)34-22-17(28)11-37(36-22)10-12-5-6-15(26)16(27)7-12/h2-9,11H,10H2,1H3,(H,34,36,39). The van der Waals surface area contributed by atoms with E-state index < -0.39 is 23.5 Å². The van der Waals surface area contributed by atoms with Crippen molar-refractivity contribution in [3.05, 3.63) is 91.8 Å². The molecule has 0 unspecified atom stereocenters. The Hall–Kier alpha value is -3.51. The van der Waals surface area contributed by atoms with Gasteiger partial charge in [-0.15, -0.1) is 0 Å². The van der Waals surface area contributed by atoms with Crippen LogP contribution in [0.15, 0.2) is 54.7 Å². The number of hydrogen-bond acceptors (Lipinski definition) is 5. The molecular weight excluding hydrogens is 615 g/mol. The summed E-state index contributed by atoms with van der Waals surface area (Å²) < 4.78 is 49.2. The van der Waals surface area contributed by atoms with Gasteiger partial charge in [-0.2, -0.15) is 23.4 Å². The zero-order valence-corrected chi connectivity index (χ0v) is 23.1. The highest BCUT2D eigenvalue weighted by Crippen LogP contribution is 2.35. The van der Waals surface area contributed by atoms with E-state index >= 15 is 0 Å². The SMILES string of the molecule is COc1cccc(-c2cc(C(F)(F)F)n3nc(C(=O)Nc4nn(Cc5ccc(Cl)c(Cl)c5)cc4Cl)c(Cl)c3n2)c1. The molecule has 0 spiro atoms. The Labute approximate surface area is 244 Å². The highest BCUT2D eigenvalue weighted by Gasteiger charge is 2.37. The molecule has 0 fully saturated rings. The number of methoxy groups -OCH3 is 1. The number of fused-ring (bicyclic) bond motifs is 1. The lowest BCUT2D eigenvalue weighted by atomic mass is 10.1. The first-order chi connectivity index (χ1) is 18.9. The Balaban J connectivity index is 1.49. The maximum atomic E-state index is 14.0. The van der Waals surface area contributed by atoms with Crippen LogP contribution in [0.4, 0.5) is 19.0 Å². The fourth-order valence-corrected chi connectivity index (χ4v) is 4.59. The third-order valence-electron chi connectivity index (χ3n) is 5.68. The summed E-state index contributed by atoms with van der Waals surface area (Å²) in [7, 11) is 1.43. The minimum atomic E-state index is -4.84. The van der Waals surface area contributed by atoms with Crippen molar-refractivity contribution in [2.75, 3.05) is 12.4 Å². The Morgan fingerprint density at radius 1 is 1.00 bits per heavy atom. The molecule has 40 heavy (non-hydrogen) atoms. The average molecular weight is 630 g/mol. The van der Waals surface area contributed by atoms with E-state index in [0.717, 1.165) is 11.6 Å². The number of carbonyl (C=O) groups is 1. The van der Waals surface area contributed by atoms with Crippen LogP contribution < -0.4 is 10.1 Å². The summed E-state index contributed by atoms with van der Waals surface area (Å²) in [6.07, 6.45) is -3.39. The van der Waals surface area contributed by atoms with Gasteiger partial charge >= 0.3 is 6.18 Å². The number of ether oxygens (including phenoxy) is 1. The van der Waals surface area contributed by atoms with Gasteiger partial charge in [0.2, 0.25) is 0 Å². The Bertz CT molecular complexity index is 1770. The number of aromatic nitrogens is 5. The quantitative estimate of drug-likeness (QED) is 0.210. The highest BCUT2D eigenvalue weighted by atomic mass is 35.5. The van der Waals surface area contributed by atoms with Gasteiger partial charge < -0.3 is 10.1 Å². The van der Waals surface area contributed by atoms with Crippen LogP contribution in [0.25, 0.3) is 16.9 Å². The molecule has 0 aliphatic heterocycles. The molecule has 2 aromatic carbocycles. The van der Waals surface area contributed by atoms with Gasteiger partial charge in [0.1, 0.15) is 15.8 Å². The number of hydrogen-bond donors (Lipinski definition) is 1. The van der Waals surface area contributed by atoms with Crippen LogP contribution in [-0.4, -0.2) is 37.4 Å². The van der Waals surface area contributed by atoms with E-state index in [0.29, 0.717) is 25.9 Å². The number of rotatable bonds is 6. The first-order valence-electron chi connectivity index (χ1n) is 11.2. The minimum absolute atomic E-state index is 0.0448. The van der Waals surface area contributed by atoms with Crippen LogP contribution in [0, 0.1) is 0 Å². The Morgan fingerprint density at radius 2 is 1.77 bits per heavy atom. The van der Waals surface area contributed by atoms with Crippen molar-refractivity contribution >= 4 is 63.8 Å². The summed E-state index contributed by atoms with van der Waals surface area (Å²) in [4.78, 5) is 17.3. The molecule has 8 nitrogen and oxygen atoms in total. The maximum Gasteiger partial charge on any atom is 0.433 e. The van der Waals surface area contributed by atoms with E-state index in [1.165, 1.54) is 24.1 Å². The van der Waals surface area contributed by atoms with Gasteiger partial charge in [-0.3, -0.25) is 9.48 Å². The lowest BCUT2D eigenvalue weighted by molar-refractivity contribution is -0.142. The maximum absolute atomic E-state index is 14.0. The minimum Gasteiger partial charge on any atom is -0.497 e. The number of benzene rings is 2. The molecule has 0 atom stereocenters. The van der Waals surface area contributed by atoms with Crippen LogP contribution in [-0.2, 0) is 12.7 Å². The van der Waals surface area contributed by atoms with Crippen molar-refractivity contribution < 1.29 is 22.7 Å². The topological polar surface area (TPSA) is 86.3 Å². The van der Waals surface area contributed by atoms with Gasteiger partial charge in [0, 0.05) is 11.8 Å². The lowest BCUT2D eigenvalue weighted by Gasteiger charge is -2.11. The molecule has 206 valence electrons. The normalized spacial score (nSPS) is 11.7. The second-order valence-electron chi connectivity index (χ2n) is 8.38. The molecule has 0 saturated carbocycles. The predicted octanol–water partition coefficient (Wildman–Crippen LogP) is 7.53. The van der Waals surface area contributed by atoms with E-state index in [2.05, 4.69) is 20.5 Å².